The van der Waals surface area contributed by atoms with Crippen LogP contribution >= 0.6 is 0 Å². The molecule has 0 radical (unpaired) electrons. The summed E-state index contributed by atoms with van der Waals surface area (Å²) in [4.78, 5) is 4.07. The summed E-state index contributed by atoms with van der Waals surface area (Å²) in [6.07, 6.45) is 9.77. The fraction of sp³-hybridized carbons (Fsp3) is 0.389. The molecule has 1 unspecified atom stereocenters. The number of benzene rings is 1. The average Bonchev–Trinajstić information content (AvgIpc) is 3.30. The van der Waals surface area contributed by atoms with Crippen molar-refractivity contribution in [1.82, 2.24) is 0 Å². The second-order valence-electron chi connectivity index (χ2n) is 5.70. The highest BCUT2D eigenvalue weighted by atomic mass is 16.3. The van der Waals surface area contributed by atoms with Gasteiger partial charge in [0, 0.05) is 5.69 Å². The van der Waals surface area contributed by atoms with Gasteiger partial charge in [-0.1, -0.05) is 37.1 Å². The maximum atomic E-state index is 11.3. The summed E-state index contributed by atoms with van der Waals surface area (Å²) in [6.45, 7) is 5.56. The van der Waals surface area contributed by atoms with Crippen molar-refractivity contribution in [3.8, 4) is 0 Å². The molecule has 3 heteroatoms. The lowest BCUT2D eigenvalue weighted by molar-refractivity contribution is 0.0615. The third-order valence-corrected chi connectivity index (χ3v) is 4.02. The average molecular weight is 284 g/mol. The van der Waals surface area contributed by atoms with Crippen LogP contribution in [0.15, 0.2) is 53.2 Å². The monoisotopic (exact) mass is 284 g/mol. The molecular formula is C18H24N2O. The zero-order valence-electron chi connectivity index (χ0n) is 12.6. The van der Waals surface area contributed by atoms with Crippen LogP contribution in [0.1, 0.15) is 38.2 Å². The summed E-state index contributed by atoms with van der Waals surface area (Å²) in [7, 11) is 0. The number of aliphatic hydroxyl groups is 1. The van der Waals surface area contributed by atoms with Gasteiger partial charge in [-0.2, -0.15) is 0 Å². The molecule has 2 rings (SSSR count). The topological polar surface area (TPSA) is 58.6 Å². The van der Waals surface area contributed by atoms with E-state index in [0.29, 0.717) is 17.8 Å². The van der Waals surface area contributed by atoms with Crippen molar-refractivity contribution in [2.45, 2.75) is 38.2 Å². The Bertz CT molecular complexity index is 558. The second kappa shape index (κ2) is 6.72. The highest BCUT2D eigenvalue weighted by Crippen LogP contribution is 2.41. The summed E-state index contributed by atoms with van der Waals surface area (Å²) < 4.78 is 0. The number of anilines is 1. The molecule has 0 spiro atoms. The molecule has 0 aliphatic heterocycles. The van der Waals surface area contributed by atoms with Crippen LogP contribution in [0.3, 0.4) is 0 Å². The highest BCUT2D eigenvalue weighted by Gasteiger charge is 2.35. The molecule has 1 fully saturated rings. The van der Waals surface area contributed by atoms with Crippen LogP contribution in [-0.2, 0) is 5.60 Å². The molecule has 1 aliphatic rings. The summed E-state index contributed by atoms with van der Waals surface area (Å²) in [5.74, 6) is 0.741. The third kappa shape index (κ3) is 3.82. The van der Waals surface area contributed by atoms with Gasteiger partial charge in [-0.05, 0) is 56.2 Å². The fourth-order valence-corrected chi connectivity index (χ4v) is 2.54. The second-order valence-corrected chi connectivity index (χ2v) is 5.70. The lowest BCUT2D eigenvalue weighted by Gasteiger charge is -2.29. The molecular weight excluding hydrogens is 260 g/mol. The molecule has 1 aromatic rings. The van der Waals surface area contributed by atoms with Crippen molar-refractivity contribution in [1.29, 1.82) is 0 Å². The predicted molar refractivity (Wildman–Crippen MR) is 89.2 cm³/mol. The van der Waals surface area contributed by atoms with Crippen molar-refractivity contribution < 1.29 is 5.11 Å². The van der Waals surface area contributed by atoms with E-state index < -0.39 is 5.60 Å². The molecule has 0 heterocycles. The summed E-state index contributed by atoms with van der Waals surface area (Å²) in [6, 6.07) is 7.41. The molecule has 1 aromatic carbocycles. The fourth-order valence-electron chi connectivity index (χ4n) is 2.54. The number of rotatable bonds is 7. The zero-order chi connectivity index (χ0) is 15.3. The van der Waals surface area contributed by atoms with Gasteiger partial charge in [0.05, 0.1) is 5.70 Å². The molecule has 1 atom stereocenters. The van der Waals surface area contributed by atoms with Gasteiger partial charge in [-0.3, -0.25) is 4.99 Å². The van der Waals surface area contributed by atoms with E-state index >= 15 is 0 Å². The van der Waals surface area contributed by atoms with E-state index in [1.54, 1.807) is 0 Å². The Morgan fingerprint density at radius 1 is 1.52 bits per heavy atom. The van der Waals surface area contributed by atoms with Gasteiger partial charge >= 0.3 is 0 Å². The maximum absolute atomic E-state index is 11.3. The van der Waals surface area contributed by atoms with Crippen LogP contribution in [0, 0.1) is 5.92 Å². The number of hydrogen-bond donors (Lipinski definition) is 2. The Labute approximate surface area is 126 Å². The molecule has 0 aromatic heterocycles. The standard InChI is InChI=1S/C18H24N2O/c1-3-4-8-17(20-2)18(21,12-11-14-9-10-14)15-6-5-7-16(19)13-15/h3-8,13-14,21H,2,9-12,19H2,1H3/b4-3-,17-8-. The number of nitrogens with zero attached hydrogens (tertiary/aromatic N) is 1. The normalized spacial score (nSPS) is 18.7. The van der Waals surface area contributed by atoms with Crippen LogP contribution in [-0.4, -0.2) is 11.8 Å². The van der Waals surface area contributed by atoms with Crippen LogP contribution < -0.4 is 5.73 Å². The number of nitrogen functional groups attached to an aromatic ring is 1. The predicted octanol–water partition coefficient (Wildman–Crippen LogP) is 3.81. The first-order valence-corrected chi connectivity index (χ1v) is 7.48. The van der Waals surface area contributed by atoms with Crippen molar-refractivity contribution in [3.05, 3.63) is 53.8 Å². The van der Waals surface area contributed by atoms with E-state index in [9.17, 15) is 5.11 Å². The van der Waals surface area contributed by atoms with E-state index in [2.05, 4.69) is 11.7 Å². The van der Waals surface area contributed by atoms with Gasteiger partial charge in [0.25, 0.3) is 0 Å². The third-order valence-electron chi connectivity index (χ3n) is 4.02. The summed E-state index contributed by atoms with van der Waals surface area (Å²) in [5, 5.41) is 11.3. The van der Waals surface area contributed by atoms with E-state index in [0.717, 1.165) is 17.9 Å². The van der Waals surface area contributed by atoms with Gasteiger partial charge < -0.3 is 10.8 Å². The first-order chi connectivity index (χ1) is 10.1. The number of allylic oxidation sites excluding steroid dienone is 3. The number of aliphatic imine (C=N–C) groups is 1. The quantitative estimate of drug-likeness (QED) is 0.454. The molecule has 3 N–H and O–H groups in total. The van der Waals surface area contributed by atoms with Crippen LogP contribution in [0.25, 0.3) is 0 Å². The molecule has 21 heavy (non-hydrogen) atoms. The molecule has 112 valence electrons. The zero-order valence-corrected chi connectivity index (χ0v) is 12.6. The van der Waals surface area contributed by atoms with E-state index in [1.165, 1.54) is 12.8 Å². The van der Waals surface area contributed by atoms with E-state index in [-0.39, 0.29) is 0 Å². The largest absolute Gasteiger partial charge is 0.399 e. The maximum Gasteiger partial charge on any atom is 0.131 e. The lowest BCUT2D eigenvalue weighted by atomic mass is 9.84. The first-order valence-electron chi connectivity index (χ1n) is 7.48. The van der Waals surface area contributed by atoms with Gasteiger partial charge in [0.2, 0.25) is 0 Å². The van der Waals surface area contributed by atoms with Gasteiger partial charge in [0.1, 0.15) is 5.60 Å². The minimum absolute atomic E-state index is 0.576. The number of hydrogen-bond acceptors (Lipinski definition) is 3. The molecule has 0 saturated heterocycles. The Morgan fingerprint density at radius 3 is 2.86 bits per heavy atom. The smallest absolute Gasteiger partial charge is 0.131 e. The lowest BCUT2D eigenvalue weighted by Crippen LogP contribution is -2.28. The van der Waals surface area contributed by atoms with Crippen molar-refractivity contribution in [2.75, 3.05) is 5.73 Å². The minimum atomic E-state index is -1.13. The van der Waals surface area contributed by atoms with Crippen LogP contribution in [0.5, 0.6) is 0 Å². The van der Waals surface area contributed by atoms with Crippen molar-refractivity contribution in [3.63, 3.8) is 0 Å². The highest BCUT2D eigenvalue weighted by molar-refractivity contribution is 5.47. The van der Waals surface area contributed by atoms with E-state index in [4.69, 9.17) is 5.73 Å². The molecule has 0 amide bonds. The molecule has 0 bridgehead atoms. The summed E-state index contributed by atoms with van der Waals surface area (Å²) in [5.41, 5.74) is 6.75. The summed E-state index contributed by atoms with van der Waals surface area (Å²) >= 11 is 0. The van der Waals surface area contributed by atoms with Crippen molar-refractivity contribution in [2.24, 2.45) is 10.9 Å². The number of nitrogens with two attached hydrogens (primary N) is 1. The Hall–Kier alpha value is -1.87. The Balaban J connectivity index is 2.38. The Morgan fingerprint density at radius 2 is 2.29 bits per heavy atom. The molecule has 1 aliphatic carbocycles. The van der Waals surface area contributed by atoms with Crippen molar-refractivity contribution >= 4 is 12.4 Å². The van der Waals surface area contributed by atoms with Crippen LogP contribution in [0.4, 0.5) is 5.69 Å². The first kappa shape index (κ1) is 15.5. The Kier molecular flexibility index (Phi) is 4.97. The SMILES string of the molecule is C=N/C(=C\C=C/C)C(O)(CCC1CC1)c1cccc(N)c1. The van der Waals surface area contributed by atoms with Crippen LogP contribution in [0.2, 0.25) is 0 Å². The minimum Gasteiger partial charge on any atom is -0.399 e. The molecule has 3 nitrogen and oxygen atoms in total. The van der Waals surface area contributed by atoms with Gasteiger partial charge in [-0.15, -0.1) is 0 Å². The molecule has 1 saturated carbocycles. The van der Waals surface area contributed by atoms with Gasteiger partial charge in [-0.25, -0.2) is 0 Å². The van der Waals surface area contributed by atoms with Gasteiger partial charge in [0.15, 0.2) is 0 Å². The van der Waals surface area contributed by atoms with E-state index in [1.807, 2.05) is 49.4 Å².